The van der Waals surface area contributed by atoms with Crippen molar-refractivity contribution >= 4 is 0 Å². The highest BCUT2D eigenvalue weighted by Gasteiger charge is 2.40. The summed E-state index contributed by atoms with van der Waals surface area (Å²) in [7, 11) is 0. The first-order chi connectivity index (χ1) is 10.4. The molecule has 0 radical (unpaired) electrons. The number of halogens is 1. The highest BCUT2D eigenvalue weighted by atomic mass is 19.1. The first-order valence-electron chi connectivity index (χ1n) is 8.31. The van der Waals surface area contributed by atoms with Gasteiger partial charge in [-0.05, 0) is 57.2 Å². The molecule has 2 rings (SSSR count). The van der Waals surface area contributed by atoms with Crippen LogP contribution < -0.4 is 0 Å². The average molecular weight is 309 g/mol. The van der Waals surface area contributed by atoms with Crippen molar-refractivity contribution in [1.82, 2.24) is 4.90 Å². The second kappa shape index (κ2) is 7.53. The number of nitrogens with zero attached hydrogens (tertiary/aromatic N) is 1. The fourth-order valence-electron chi connectivity index (χ4n) is 3.53. The Morgan fingerprint density at radius 1 is 1.18 bits per heavy atom. The standard InChI is InChI=1S/C18H28FNO2/c1-14(21)17(11-8-15-6-9-16(19)10-7-15)18(2,22)20-12-4-3-5-13-20/h6-7,9-10,14,17,21-22H,3-5,8,11-13H2,1-2H3. The summed E-state index contributed by atoms with van der Waals surface area (Å²) in [6, 6.07) is 6.44. The second-order valence-corrected chi connectivity index (χ2v) is 6.65. The minimum atomic E-state index is -1.01. The van der Waals surface area contributed by atoms with Crippen molar-refractivity contribution in [2.24, 2.45) is 5.92 Å². The van der Waals surface area contributed by atoms with Crippen molar-refractivity contribution < 1.29 is 14.6 Å². The molecule has 0 amide bonds. The second-order valence-electron chi connectivity index (χ2n) is 6.65. The molecule has 22 heavy (non-hydrogen) atoms. The van der Waals surface area contributed by atoms with Crippen LogP contribution in [0.25, 0.3) is 0 Å². The molecule has 0 aromatic heterocycles. The lowest BCUT2D eigenvalue weighted by molar-refractivity contribution is -0.167. The average Bonchev–Trinajstić information content (AvgIpc) is 2.50. The minimum Gasteiger partial charge on any atom is -0.393 e. The topological polar surface area (TPSA) is 43.7 Å². The number of likely N-dealkylation sites (tertiary alicyclic amines) is 1. The first kappa shape index (κ1) is 17.4. The molecule has 0 spiro atoms. The Labute approximate surface area is 132 Å². The first-order valence-corrected chi connectivity index (χ1v) is 8.31. The Bertz CT molecular complexity index is 453. The van der Waals surface area contributed by atoms with Gasteiger partial charge in [0.1, 0.15) is 11.5 Å². The van der Waals surface area contributed by atoms with E-state index in [4.69, 9.17) is 0 Å². The Kier molecular flexibility index (Phi) is 5.95. The summed E-state index contributed by atoms with van der Waals surface area (Å²) in [6.45, 7) is 5.33. The van der Waals surface area contributed by atoms with Crippen LogP contribution in [0, 0.1) is 11.7 Å². The van der Waals surface area contributed by atoms with Gasteiger partial charge in [-0.3, -0.25) is 4.90 Å². The molecule has 2 N–H and O–H groups in total. The molecule has 3 unspecified atom stereocenters. The number of aliphatic hydroxyl groups excluding tert-OH is 1. The number of rotatable bonds is 6. The van der Waals surface area contributed by atoms with E-state index in [0.717, 1.165) is 37.9 Å². The number of hydrogen-bond donors (Lipinski definition) is 2. The summed E-state index contributed by atoms with van der Waals surface area (Å²) in [4.78, 5) is 2.10. The fraction of sp³-hybridized carbons (Fsp3) is 0.667. The molecule has 0 bridgehead atoms. The highest BCUT2D eigenvalue weighted by molar-refractivity contribution is 5.16. The maximum absolute atomic E-state index is 13.0. The molecule has 0 saturated carbocycles. The number of hydrogen-bond acceptors (Lipinski definition) is 3. The van der Waals surface area contributed by atoms with E-state index in [1.165, 1.54) is 18.6 Å². The van der Waals surface area contributed by atoms with Gasteiger partial charge in [-0.2, -0.15) is 0 Å². The molecule has 3 nitrogen and oxygen atoms in total. The van der Waals surface area contributed by atoms with Crippen LogP contribution in [0.15, 0.2) is 24.3 Å². The van der Waals surface area contributed by atoms with Crippen LogP contribution in [0.2, 0.25) is 0 Å². The summed E-state index contributed by atoms with van der Waals surface area (Å²) in [5.41, 5.74) is 0.0238. The third-order valence-electron chi connectivity index (χ3n) is 4.94. The van der Waals surface area contributed by atoms with Crippen LogP contribution >= 0.6 is 0 Å². The normalized spacial score (nSPS) is 22.0. The van der Waals surface area contributed by atoms with Crippen molar-refractivity contribution in [1.29, 1.82) is 0 Å². The summed E-state index contributed by atoms with van der Waals surface area (Å²) in [5.74, 6) is -0.466. The zero-order valence-electron chi connectivity index (χ0n) is 13.6. The maximum atomic E-state index is 13.0. The predicted octanol–water partition coefficient (Wildman–Crippen LogP) is 2.95. The van der Waals surface area contributed by atoms with Crippen molar-refractivity contribution in [3.05, 3.63) is 35.6 Å². The minimum absolute atomic E-state index is 0.226. The monoisotopic (exact) mass is 309 g/mol. The van der Waals surface area contributed by atoms with E-state index in [9.17, 15) is 14.6 Å². The number of benzene rings is 1. The maximum Gasteiger partial charge on any atom is 0.123 e. The van der Waals surface area contributed by atoms with Gasteiger partial charge in [-0.25, -0.2) is 4.39 Å². The SMILES string of the molecule is CC(O)C(CCc1ccc(F)cc1)C(C)(O)N1CCCCC1. The van der Waals surface area contributed by atoms with Gasteiger partial charge in [0.2, 0.25) is 0 Å². The van der Waals surface area contributed by atoms with Crippen molar-refractivity contribution in [2.75, 3.05) is 13.1 Å². The summed E-state index contributed by atoms with van der Waals surface area (Å²) in [6.07, 6.45) is 4.22. The van der Waals surface area contributed by atoms with E-state index in [1.807, 2.05) is 6.92 Å². The molecular formula is C18H28FNO2. The summed E-state index contributed by atoms with van der Waals surface area (Å²) >= 11 is 0. The molecule has 1 fully saturated rings. The smallest absolute Gasteiger partial charge is 0.123 e. The van der Waals surface area contributed by atoms with Crippen LogP contribution in [0.3, 0.4) is 0 Å². The van der Waals surface area contributed by atoms with Gasteiger partial charge in [0.05, 0.1) is 6.10 Å². The molecule has 1 aliphatic rings. The molecule has 0 aliphatic carbocycles. The molecule has 1 heterocycles. The number of aliphatic hydroxyl groups is 2. The van der Waals surface area contributed by atoms with E-state index in [1.54, 1.807) is 19.1 Å². The third kappa shape index (κ3) is 4.28. The number of piperidine rings is 1. The van der Waals surface area contributed by atoms with Crippen molar-refractivity contribution in [2.45, 2.75) is 57.8 Å². The van der Waals surface area contributed by atoms with Crippen LogP contribution in [0.4, 0.5) is 4.39 Å². The lowest BCUT2D eigenvalue weighted by Crippen LogP contribution is -2.56. The van der Waals surface area contributed by atoms with E-state index in [2.05, 4.69) is 4.90 Å². The van der Waals surface area contributed by atoms with Gasteiger partial charge in [0.25, 0.3) is 0 Å². The molecule has 4 heteroatoms. The van der Waals surface area contributed by atoms with E-state index < -0.39 is 11.8 Å². The van der Waals surface area contributed by atoms with Gasteiger partial charge in [-0.15, -0.1) is 0 Å². The molecule has 1 aliphatic heterocycles. The van der Waals surface area contributed by atoms with Gasteiger partial charge >= 0.3 is 0 Å². The zero-order chi connectivity index (χ0) is 16.2. The van der Waals surface area contributed by atoms with Gasteiger partial charge < -0.3 is 10.2 Å². The van der Waals surface area contributed by atoms with Crippen LogP contribution in [0.5, 0.6) is 0 Å². The van der Waals surface area contributed by atoms with E-state index in [-0.39, 0.29) is 11.7 Å². The van der Waals surface area contributed by atoms with Gasteiger partial charge in [-0.1, -0.05) is 18.6 Å². The van der Waals surface area contributed by atoms with E-state index >= 15 is 0 Å². The van der Waals surface area contributed by atoms with Crippen molar-refractivity contribution in [3.8, 4) is 0 Å². The molecule has 124 valence electrons. The zero-order valence-corrected chi connectivity index (χ0v) is 13.6. The van der Waals surface area contributed by atoms with E-state index in [0.29, 0.717) is 6.42 Å². The Morgan fingerprint density at radius 2 is 1.77 bits per heavy atom. The summed E-state index contributed by atoms with van der Waals surface area (Å²) < 4.78 is 13.0. The number of aryl methyl sites for hydroxylation is 1. The van der Waals surface area contributed by atoms with Gasteiger partial charge in [0, 0.05) is 19.0 Å². The molecule has 1 aromatic carbocycles. The van der Waals surface area contributed by atoms with Crippen molar-refractivity contribution in [3.63, 3.8) is 0 Å². The van der Waals surface area contributed by atoms with Crippen LogP contribution in [-0.4, -0.2) is 40.0 Å². The quantitative estimate of drug-likeness (QED) is 0.849. The lowest BCUT2D eigenvalue weighted by Gasteiger charge is -2.45. The Balaban J connectivity index is 2.03. The molecule has 3 atom stereocenters. The summed E-state index contributed by atoms with van der Waals surface area (Å²) in [5, 5.41) is 21.2. The predicted molar refractivity (Wildman–Crippen MR) is 85.9 cm³/mol. The lowest BCUT2D eigenvalue weighted by atomic mass is 9.84. The Hall–Kier alpha value is -0.970. The third-order valence-corrected chi connectivity index (χ3v) is 4.94. The largest absolute Gasteiger partial charge is 0.393 e. The highest BCUT2D eigenvalue weighted by Crippen LogP contribution is 2.31. The molecule has 1 saturated heterocycles. The fourth-order valence-corrected chi connectivity index (χ4v) is 3.53. The molecular weight excluding hydrogens is 281 g/mol. The van der Waals surface area contributed by atoms with Crippen LogP contribution in [0.1, 0.15) is 45.1 Å². The van der Waals surface area contributed by atoms with Crippen LogP contribution in [-0.2, 0) is 6.42 Å². The molecule has 1 aromatic rings. The Morgan fingerprint density at radius 3 is 2.32 bits per heavy atom. The van der Waals surface area contributed by atoms with Gasteiger partial charge in [0.15, 0.2) is 0 Å².